The summed E-state index contributed by atoms with van der Waals surface area (Å²) in [5.74, 6) is -1.12. The van der Waals surface area contributed by atoms with E-state index < -0.39 is 11.4 Å². The molecule has 0 bridgehead atoms. The summed E-state index contributed by atoms with van der Waals surface area (Å²) in [6.45, 7) is 9.74. The van der Waals surface area contributed by atoms with Crippen LogP contribution < -0.4 is 0 Å². The highest BCUT2D eigenvalue weighted by atomic mass is 19.1. The minimum atomic E-state index is -0.882. The van der Waals surface area contributed by atoms with Crippen LogP contribution in [0, 0.1) is 11.2 Å². The molecule has 0 fully saturated rings. The first-order valence-electron chi connectivity index (χ1n) is 7.03. The highest BCUT2D eigenvalue weighted by molar-refractivity contribution is 5.74. The molecular weight excluding hydrogens is 257 g/mol. The fourth-order valence-corrected chi connectivity index (χ4v) is 2.10. The van der Waals surface area contributed by atoms with Gasteiger partial charge in [-0.05, 0) is 45.0 Å². The van der Waals surface area contributed by atoms with E-state index in [-0.39, 0.29) is 5.82 Å². The van der Waals surface area contributed by atoms with Crippen molar-refractivity contribution in [3.8, 4) is 0 Å². The highest BCUT2D eigenvalue weighted by Gasteiger charge is 2.27. The maximum absolute atomic E-state index is 14.1. The molecule has 0 amide bonds. The van der Waals surface area contributed by atoms with Crippen molar-refractivity contribution in [2.24, 2.45) is 5.41 Å². The van der Waals surface area contributed by atoms with Crippen molar-refractivity contribution in [3.05, 3.63) is 35.1 Å². The molecule has 0 spiro atoms. The molecule has 4 heteroatoms. The molecule has 0 heterocycles. The molecule has 0 aromatic heterocycles. The molecule has 1 aromatic carbocycles. The van der Waals surface area contributed by atoms with Gasteiger partial charge in [0.15, 0.2) is 0 Å². The summed E-state index contributed by atoms with van der Waals surface area (Å²) in [7, 11) is 0. The Morgan fingerprint density at radius 2 is 1.90 bits per heavy atom. The van der Waals surface area contributed by atoms with E-state index in [2.05, 4.69) is 4.90 Å². The minimum absolute atomic E-state index is 0.254. The number of nitrogens with zero attached hydrogens (tertiary/aromatic N) is 1. The van der Waals surface area contributed by atoms with Gasteiger partial charge in [0.1, 0.15) is 5.82 Å². The summed E-state index contributed by atoms with van der Waals surface area (Å²) in [6, 6.07) is 5.05. The van der Waals surface area contributed by atoms with E-state index in [0.717, 1.165) is 18.7 Å². The fourth-order valence-electron chi connectivity index (χ4n) is 2.10. The zero-order chi connectivity index (χ0) is 15.3. The van der Waals surface area contributed by atoms with E-state index in [4.69, 9.17) is 5.11 Å². The molecule has 1 N–H and O–H groups in total. The Morgan fingerprint density at radius 1 is 1.30 bits per heavy atom. The van der Waals surface area contributed by atoms with Crippen LogP contribution in [0.3, 0.4) is 0 Å². The number of carbonyl (C=O) groups is 1. The van der Waals surface area contributed by atoms with Crippen LogP contribution in [0.1, 0.15) is 38.8 Å². The zero-order valence-electron chi connectivity index (χ0n) is 12.7. The third-order valence-corrected chi connectivity index (χ3v) is 3.63. The maximum atomic E-state index is 14.1. The van der Waals surface area contributed by atoms with Gasteiger partial charge in [-0.15, -0.1) is 0 Å². The molecule has 3 nitrogen and oxygen atoms in total. The average Bonchev–Trinajstić information content (AvgIpc) is 2.37. The summed E-state index contributed by atoms with van der Waals surface area (Å²) in [6.07, 6.45) is 0.324. The second kappa shape index (κ2) is 6.84. The van der Waals surface area contributed by atoms with E-state index in [1.807, 2.05) is 19.9 Å². The van der Waals surface area contributed by atoms with Crippen molar-refractivity contribution in [1.29, 1.82) is 0 Å². The van der Waals surface area contributed by atoms with Crippen LogP contribution in [-0.4, -0.2) is 29.1 Å². The summed E-state index contributed by atoms with van der Waals surface area (Å²) >= 11 is 0. The highest BCUT2D eigenvalue weighted by Crippen LogP contribution is 2.23. The average molecular weight is 281 g/mol. The standard InChI is InChI=1S/C16H24FNO2/c1-5-18(6-2)11-13-8-7-12(9-14(13)17)10-16(3,4)15(19)20/h7-9H,5-6,10-11H2,1-4H3,(H,19,20). The second-order valence-electron chi connectivity index (χ2n) is 5.75. The fraction of sp³-hybridized carbons (Fsp3) is 0.562. The molecule has 0 atom stereocenters. The third-order valence-electron chi connectivity index (χ3n) is 3.63. The Kier molecular flexibility index (Phi) is 5.69. The molecule has 1 aromatic rings. The molecular formula is C16H24FNO2. The van der Waals surface area contributed by atoms with Gasteiger partial charge < -0.3 is 5.11 Å². The van der Waals surface area contributed by atoms with Gasteiger partial charge >= 0.3 is 5.97 Å². The summed E-state index contributed by atoms with van der Waals surface area (Å²) < 4.78 is 14.1. The van der Waals surface area contributed by atoms with E-state index in [1.54, 1.807) is 19.9 Å². The van der Waals surface area contributed by atoms with Crippen LogP contribution in [0.4, 0.5) is 4.39 Å². The monoisotopic (exact) mass is 281 g/mol. The zero-order valence-corrected chi connectivity index (χ0v) is 12.7. The predicted octanol–water partition coefficient (Wildman–Crippen LogP) is 3.32. The van der Waals surface area contributed by atoms with Crippen LogP contribution in [0.2, 0.25) is 0 Å². The van der Waals surface area contributed by atoms with Crippen LogP contribution in [0.5, 0.6) is 0 Å². The van der Waals surface area contributed by atoms with Gasteiger partial charge in [-0.3, -0.25) is 9.69 Å². The Hall–Kier alpha value is -1.42. The van der Waals surface area contributed by atoms with Gasteiger partial charge in [0.2, 0.25) is 0 Å². The normalized spacial score (nSPS) is 11.9. The molecule has 20 heavy (non-hydrogen) atoms. The number of rotatable bonds is 7. The van der Waals surface area contributed by atoms with Crippen molar-refractivity contribution in [2.45, 2.75) is 40.7 Å². The number of carboxylic acids is 1. The Morgan fingerprint density at radius 3 is 2.35 bits per heavy atom. The number of halogens is 1. The molecule has 0 saturated carbocycles. The van der Waals surface area contributed by atoms with Gasteiger partial charge in [-0.2, -0.15) is 0 Å². The van der Waals surface area contributed by atoms with Crippen LogP contribution in [0.25, 0.3) is 0 Å². The van der Waals surface area contributed by atoms with Crippen LogP contribution in [-0.2, 0) is 17.8 Å². The minimum Gasteiger partial charge on any atom is -0.481 e. The molecule has 0 saturated heterocycles. The Balaban J connectivity index is 2.85. The predicted molar refractivity (Wildman–Crippen MR) is 78.1 cm³/mol. The summed E-state index contributed by atoms with van der Waals surface area (Å²) in [5.41, 5.74) is 0.496. The smallest absolute Gasteiger partial charge is 0.309 e. The van der Waals surface area contributed by atoms with Gasteiger partial charge in [0, 0.05) is 12.1 Å². The van der Waals surface area contributed by atoms with E-state index in [9.17, 15) is 9.18 Å². The van der Waals surface area contributed by atoms with Crippen molar-refractivity contribution in [2.75, 3.05) is 13.1 Å². The number of aliphatic carboxylic acids is 1. The lowest BCUT2D eigenvalue weighted by Crippen LogP contribution is -2.26. The van der Waals surface area contributed by atoms with E-state index in [1.165, 1.54) is 6.07 Å². The first-order valence-corrected chi connectivity index (χ1v) is 7.03. The summed E-state index contributed by atoms with van der Waals surface area (Å²) in [4.78, 5) is 13.2. The van der Waals surface area contributed by atoms with Crippen LogP contribution in [0.15, 0.2) is 18.2 Å². The Bertz CT molecular complexity index is 468. The number of carboxylic acid groups (broad SMARTS) is 1. The lowest BCUT2D eigenvalue weighted by Gasteiger charge is -2.21. The molecule has 0 radical (unpaired) electrons. The third kappa shape index (κ3) is 4.30. The van der Waals surface area contributed by atoms with E-state index in [0.29, 0.717) is 18.5 Å². The molecule has 112 valence electrons. The second-order valence-corrected chi connectivity index (χ2v) is 5.75. The number of benzene rings is 1. The topological polar surface area (TPSA) is 40.5 Å². The van der Waals surface area contributed by atoms with Gasteiger partial charge in [-0.1, -0.05) is 26.0 Å². The maximum Gasteiger partial charge on any atom is 0.309 e. The lowest BCUT2D eigenvalue weighted by molar-refractivity contribution is -0.146. The SMILES string of the molecule is CCN(CC)Cc1ccc(CC(C)(C)C(=O)O)cc1F. The number of hydrogen-bond acceptors (Lipinski definition) is 2. The molecule has 0 aliphatic rings. The van der Waals surface area contributed by atoms with Gasteiger partial charge in [-0.25, -0.2) is 4.39 Å². The summed E-state index contributed by atoms with van der Waals surface area (Å²) in [5, 5.41) is 9.11. The largest absolute Gasteiger partial charge is 0.481 e. The van der Waals surface area contributed by atoms with Gasteiger partial charge in [0.25, 0.3) is 0 Å². The van der Waals surface area contributed by atoms with Crippen molar-refractivity contribution >= 4 is 5.97 Å². The lowest BCUT2D eigenvalue weighted by atomic mass is 9.85. The van der Waals surface area contributed by atoms with Gasteiger partial charge in [0.05, 0.1) is 5.41 Å². The number of hydrogen-bond donors (Lipinski definition) is 1. The van der Waals surface area contributed by atoms with Crippen molar-refractivity contribution in [3.63, 3.8) is 0 Å². The quantitative estimate of drug-likeness (QED) is 0.833. The molecule has 0 aliphatic heterocycles. The Labute approximate surface area is 120 Å². The van der Waals surface area contributed by atoms with Crippen LogP contribution >= 0.6 is 0 Å². The first kappa shape index (κ1) is 16.6. The molecule has 0 aliphatic carbocycles. The first-order chi connectivity index (χ1) is 9.30. The van der Waals surface area contributed by atoms with E-state index >= 15 is 0 Å². The molecule has 0 unspecified atom stereocenters. The molecule has 1 rings (SSSR count). The van der Waals surface area contributed by atoms with Crippen molar-refractivity contribution < 1.29 is 14.3 Å². The van der Waals surface area contributed by atoms with Crippen molar-refractivity contribution in [1.82, 2.24) is 4.90 Å².